The van der Waals surface area contributed by atoms with Crippen LogP contribution in [-0.2, 0) is 4.79 Å². The molecule has 76 valence electrons. The van der Waals surface area contributed by atoms with Gasteiger partial charge in [-0.25, -0.2) is 0 Å². The molecule has 0 unspecified atom stereocenters. The minimum Gasteiger partial charge on any atom is -0.508 e. The average molecular weight is 196 g/mol. The monoisotopic (exact) mass is 196 g/mol. The summed E-state index contributed by atoms with van der Waals surface area (Å²) in [6.45, 7) is 3.40. The van der Waals surface area contributed by atoms with Crippen LogP contribution >= 0.6 is 0 Å². The molecule has 0 radical (unpaired) electrons. The predicted molar refractivity (Wildman–Crippen MR) is 50.2 cm³/mol. The lowest BCUT2D eigenvalue weighted by Gasteiger charge is -2.07. The largest absolute Gasteiger partial charge is 0.508 e. The maximum absolute atomic E-state index is 11.1. The van der Waals surface area contributed by atoms with Crippen LogP contribution in [0.4, 0.5) is 0 Å². The van der Waals surface area contributed by atoms with Crippen LogP contribution in [0.3, 0.4) is 0 Å². The minimum absolute atomic E-state index is 0.140. The van der Waals surface area contributed by atoms with Gasteiger partial charge in [-0.1, -0.05) is 13.8 Å². The van der Waals surface area contributed by atoms with Gasteiger partial charge < -0.3 is 14.9 Å². The lowest BCUT2D eigenvalue weighted by atomic mass is 10.2. The predicted octanol–water partition coefficient (Wildman–Crippen LogP) is 1.66. The van der Waals surface area contributed by atoms with Crippen molar-refractivity contribution in [2.75, 3.05) is 0 Å². The molecule has 0 saturated carbocycles. The Labute approximate surface area is 81.8 Å². The number of phenolic OH excluding ortho intramolecular Hbond substituents is 2. The van der Waals surface area contributed by atoms with Crippen molar-refractivity contribution in [1.82, 2.24) is 0 Å². The van der Waals surface area contributed by atoms with Crippen LogP contribution in [0.15, 0.2) is 18.2 Å². The van der Waals surface area contributed by atoms with Crippen molar-refractivity contribution in [3.05, 3.63) is 18.2 Å². The maximum Gasteiger partial charge on any atom is 0.313 e. The molecule has 0 aliphatic heterocycles. The molecular weight excluding hydrogens is 184 g/mol. The smallest absolute Gasteiger partial charge is 0.313 e. The number of phenols is 2. The highest BCUT2D eigenvalue weighted by Gasteiger charge is 2.10. The molecule has 0 amide bonds. The van der Waals surface area contributed by atoms with Crippen molar-refractivity contribution in [2.24, 2.45) is 5.92 Å². The van der Waals surface area contributed by atoms with Crippen molar-refractivity contribution in [1.29, 1.82) is 0 Å². The summed E-state index contributed by atoms with van der Waals surface area (Å²) in [6, 6.07) is 3.69. The van der Waals surface area contributed by atoms with Gasteiger partial charge in [0.1, 0.15) is 17.2 Å². The van der Waals surface area contributed by atoms with E-state index < -0.39 is 5.97 Å². The van der Waals surface area contributed by atoms with Gasteiger partial charge >= 0.3 is 5.97 Å². The van der Waals surface area contributed by atoms with E-state index >= 15 is 0 Å². The molecule has 0 aliphatic rings. The number of hydrogen-bond acceptors (Lipinski definition) is 4. The first-order chi connectivity index (χ1) is 6.49. The van der Waals surface area contributed by atoms with E-state index in [0.29, 0.717) is 0 Å². The standard InChI is InChI=1S/C10H12O4/c1-6(2)10(13)14-9-4-7(11)3-8(12)5-9/h3-6,11-12H,1-2H3. The molecule has 1 aromatic rings. The minimum atomic E-state index is -0.407. The molecule has 0 atom stereocenters. The van der Waals surface area contributed by atoms with Crippen molar-refractivity contribution < 1.29 is 19.7 Å². The third kappa shape index (κ3) is 2.65. The number of carbonyl (C=O) groups is 1. The molecule has 0 aromatic heterocycles. The Morgan fingerprint density at radius 3 is 2.14 bits per heavy atom. The zero-order valence-corrected chi connectivity index (χ0v) is 8.02. The van der Waals surface area contributed by atoms with E-state index in [0.717, 1.165) is 6.07 Å². The third-order valence-corrected chi connectivity index (χ3v) is 1.57. The van der Waals surface area contributed by atoms with Crippen LogP contribution in [0.2, 0.25) is 0 Å². The van der Waals surface area contributed by atoms with Crippen molar-refractivity contribution in [3.8, 4) is 17.2 Å². The van der Waals surface area contributed by atoms with Gasteiger partial charge in [-0.2, -0.15) is 0 Å². The summed E-state index contributed by atoms with van der Waals surface area (Å²) in [6.07, 6.45) is 0. The fraction of sp³-hybridized carbons (Fsp3) is 0.300. The molecule has 0 saturated heterocycles. The van der Waals surface area contributed by atoms with E-state index in [4.69, 9.17) is 14.9 Å². The Hall–Kier alpha value is -1.71. The van der Waals surface area contributed by atoms with Gasteiger partial charge in [0.15, 0.2) is 0 Å². The Balaban J connectivity index is 2.82. The summed E-state index contributed by atoms with van der Waals surface area (Å²) < 4.78 is 4.88. The van der Waals surface area contributed by atoms with Gasteiger partial charge in [0, 0.05) is 18.2 Å². The Bertz CT molecular complexity index is 324. The zero-order valence-electron chi connectivity index (χ0n) is 8.02. The first-order valence-electron chi connectivity index (χ1n) is 4.24. The highest BCUT2D eigenvalue weighted by molar-refractivity contribution is 5.74. The lowest BCUT2D eigenvalue weighted by molar-refractivity contribution is -0.137. The van der Waals surface area contributed by atoms with E-state index in [1.165, 1.54) is 12.1 Å². The molecular formula is C10H12O4. The summed E-state index contributed by atoms with van der Waals surface area (Å²) in [5.41, 5.74) is 0. The van der Waals surface area contributed by atoms with Crippen LogP contribution in [0.25, 0.3) is 0 Å². The van der Waals surface area contributed by atoms with Crippen molar-refractivity contribution in [3.63, 3.8) is 0 Å². The normalized spacial score (nSPS) is 10.2. The number of benzene rings is 1. The number of hydrogen-bond donors (Lipinski definition) is 2. The number of carbonyl (C=O) groups excluding carboxylic acids is 1. The lowest BCUT2D eigenvalue weighted by Crippen LogP contribution is -2.14. The van der Waals surface area contributed by atoms with E-state index in [2.05, 4.69) is 0 Å². The number of rotatable bonds is 2. The van der Waals surface area contributed by atoms with Gasteiger partial charge in [0.2, 0.25) is 0 Å². The molecule has 0 aliphatic carbocycles. The molecule has 4 nitrogen and oxygen atoms in total. The van der Waals surface area contributed by atoms with E-state index in [1.807, 2.05) is 0 Å². The second-order valence-electron chi connectivity index (χ2n) is 3.26. The average Bonchev–Trinajstić information content (AvgIpc) is 2.01. The molecule has 0 spiro atoms. The summed E-state index contributed by atoms with van der Waals surface area (Å²) in [7, 11) is 0. The molecule has 0 heterocycles. The van der Waals surface area contributed by atoms with Crippen LogP contribution in [0.5, 0.6) is 17.2 Å². The summed E-state index contributed by atoms with van der Waals surface area (Å²) in [4.78, 5) is 11.1. The zero-order chi connectivity index (χ0) is 10.7. The van der Waals surface area contributed by atoms with Gasteiger partial charge in [-0.05, 0) is 0 Å². The third-order valence-electron chi connectivity index (χ3n) is 1.57. The van der Waals surface area contributed by atoms with Crippen LogP contribution < -0.4 is 4.74 Å². The fourth-order valence-electron chi connectivity index (χ4n) is 0.861. The topological polar surface area (TPSA) is 66.8 Å². The summed E-state index contributed by atoms with van der Waals surface area (Å²) in [5.74, 6) is -0.802. The molecule has 2 N–H and O–H groups in total. The van der Waals surface area contributed by atoms with Crippen LogP contribution in [-0.4, -0.2) is 16.2 Å². The van der Waals surface area contributed by atoms with Crippen LogP contribution in [0, 0.1) is 5.92 Å². The molecule has 0 fully saturated rings. The Morgan fingerprint density at radius 1 is 1.21 bits per heavy atom. The summed E-state index contributed by atoms with van der Waals surface area (Å²) in [5, 5.41) is 18.2. The molecule has 4 heteroatoms. The van der Waals surface area contributed by atoms with Gasteiger partial charge in [-0.15, -0.1) is 0 Å². The second-order valence-corrected chi connectivity index (χ2v) is 3.26. The van der Waals surface area contributed by atoms with E-state index in [-0.39, 0.29) is 23.2 Å². The molecule has 14 heavy (non-hydrogen) atoms. The fourth-order valence-corrected chi connectivity index (χ4v) is 0.861. The SMILES string of the molecule is CC(C)C(=O)Oc1cc(O)cc(O)c1. The molecule has 1 aromatic carbocycles. The quantitative estimate of drug-likeness (QED) is 0.557. The molecule has 1 rings (SSSR count). The van der Waals surface area contributed by atoms with Crippen molar-refractivity contribution in [2.45, 2.75) is 13.8 Å². The van der Waals surface area contributed by atoms with Crippen molar-refractivity contribution >= 4 is 5.97 Å². The molecule has 0 bridgehead atoms. The Kier molecular flexibility index (Phi) is 2.96. The van der Waals surface area contributed by atoms with E-state index in [1.54, 1.807) is 13.8 Å². The first kappa shape index (κ1) is 10.4. The Morgan fingerprint density at radius 2 is 1.71 bits per heavy atom. The highest BCUT2D eigenvalue weighted by atomic mass is 16.5. The first-order valence-corrected chi connectivity index (χ1v) is 4.24. The van der Waals surface area contributed by atoms with Crippen LogP contribution in [0.1, 0.15) is 13.8 Å². The highest BCUT2D eigenvalue weighted by Crippen LogP contribution is 2.26. The second kappa shape index (κ2) is 4.00. The summed E-state index contributed by atoms with van der Waals surface area (Å²) >= 11 is 0. The van der Waals surface area contributed by atoms with Gasteiger partial charge in [0.05, 0.1) is 5.92 Å². The number of aromatic hydroxyl groups is 2. The van der Waals surface area contributed by atoms with Gasteiger partial charge in [-0.3, -0.25) is 4.79 Å². The maximum atomic E-state index is 11.1. The number of ether oxygens (including phenoxy) is 1. The number of esters is 1. The van der Waals surface area contributed by atoms with Gasteiger partial charge in [0.25, 0.3) is 0 Å². The van der Waals surface area contributed by atoms with E-state index in [9.17, 15) is 4.79 Å².